The van der Waals surface area contributed by atoms with Crippen LogP contribution < -0.4 is 10.6 Å². The fraction of sp³-hybridized carbons (Fsp3) is 0.273. The van der Waals surface area contributed by atoms with Gasteiger partial charge in [-0.05, 0) is 28.6 Å². The zero-order valence-electron chi connectivity index (χ0n) is 9.88. The third-order valence-corrected chi connectivity index (χ3v) is 3.30. The smallest absolute Gasteiger partial charge is 0.230 e. The van der Waals surface area contributed by atoms with E-state index in [0.29, 0.717) is 23.8 Å². The molecule has 2 heterocycles. The van der Waals surface area contributed by atoms with Crippen LogP contribution in [0.1, 0.15) is 0 Å². The minimum atomic E-state index is -0.0329. The molecule has 0 saturated carbocycles. The van der Waals surface area contributed by atoms with Gasteiger partial charge in [0, 0.05) is 13.1 Å². The number of benzene rings is 1. The Balaban J connectivity index is 1.83. The van der Waals surface area contributed by atoms with E-state index in [4.69, 9.17) is 11.6 Å². The number of halogens is 1. The summed E-state index contributed by atoms with van der Waals surface area (Å²) >= 11 is 6.08. The fourth-order valence-electron chi connectivity index (χ4n) is 1.74. The summed E-state index contributed by atoms with van der Waals surface area (Å²) in [5, 5.41) is 17.3. The van der Waals surface area contributed by atoms with Crippen molar-refractivity contribution in [3.63, 3.8) is 0 Å². The number of aromatic nitrogens is 4. The lowest BCUT2D eigenvalue weighted by Gasteiger charge is -2.26. The third kappa shape index (κ3) is 2.42. The Morgan fingerprint density at radius 1 is 1.47 bits per heavy atom. The summed E-state index contributed by atoms with van der Waals surface area (Å²) in [4.78, 5) is 11.9. The molecule has 2 N–H and O–H groups in total. The largest absolute Gasteiger partial charge is 0.324 e. The molecular weight excluding hydrogens is 268 g/mol. The van der Waals surface area contributed by atoms with Gasteiger partial charge >= 0.3 is 0 Å². The Labute approximate surface area is 113 Å². The SMILES string of the molecule is O=C(Nc1cc(-n2cnnn2)ccc1Cl)C1CNC1. The van der Waals surface area contributed by atoms with E-state index in [2.05, 4.69) is 26.2 Å². The Kier molecular flexibility index (Phi) is 3.14. The van der Waals surface area contributed by atoms with Crippen LogP contribution in [0.25, 0.3) is 5.69 Å². The molecule has 7 nitrogen and oxygen atoms in total. The molecule has 1 aromatic heterocycles. The zero-order chi connectivity index (χ0) is 13.2. The van der Waals surface area contributed by atoms with Crippen molar-refractivity contribution in [3.05, 3.63) is 29.5 Å². The molecule has 1 aliphatic heterocycles. The van der Waals surface area contributed by atoms with Gasteiger partial charge in [-0.15, -0.1) is 5.10 Å². The zero-order valence-corrected chi connectivity index (χ0v) is 10.6. The molecule has 0 bridgehead atoms. The number of amides is 1. The summed E-state index contributed by atoms with van der Waals surface area (Å²) < 4.78 is 1.50. The van der Waals surface area contributed by atoms with E-state index in [9.17, 15) is 4.79 Å². The Morgan fingerprint density at radius 2 is 2.32 bits per heavy atom. The van der Waals surface area contributed by atoms with E-state index < -0.39 is 0 Å². The molecule has 0 radical (unpaired) electrons. The van der Waals surface area contributed by atoms with Crippen molar-refractivity contribution in [1.29, 1.82) is 0 Å². The van der Waals surface area contributed by atoms with Crippen molar-refractivity contribution in [2.75, 3.05) is 18.4 Å². The van der Waals surface area contributed by atoms with Gasteiger partial charge < -0.3 is 10.6 Å². The number of nitrogens with zero attached hydrogens (tertiary/aromatic N) is 4. The van der Waals surface area contributed by atoms with E-state index in [0.717, 1.165) is 5.69 Å². The monoisotopic (exact) mass is 278 g/mol. The van der Waals surface area contributed by atoms with E-state index in [1.807, 2.05) is 0 Å². The molecule has 19 heavy (non-hydrogen) atoms. The summed E-state index contributed by atoms with van der Waals surface area (Å²) in [7, 11) is 0. The molecule has 3 rings (SSSR count). The lowest BCUT2D eigenvalue weighted by molar-refractivity contribution is -0.121. The van der Waals surface area contributed by atoms with Crippen LogP contribution in [-0.2, 0) is 4.79 Å². The summed E-state index contributed by atoms with van der Waals surface area (Å²) in [5.41, 5.74) is 1.29. The molecular formula is C11H11ClN6O. The van der Waals surface area contributed by atoms with Gasteiger partial charge in [0.25, 0.3) is 0 Å². The molecule has 0 aliphatic carbocycles. The summed E-state index contributed by atoms with van der Waals surface area (Å²) in [6.07, 6.45) is 1.48. The van der Waals surface area contributed by atoms with Crippen LogP contribution in [0.15, 0.2) is 24.5 Å². The molecule has 0 unspecified atom stereocenters. The van der Waals surface area contributed by atoms with Crippen molar-refractivity contribution in [1.82, 2.24) is 25.5 Å². The Bertz CT molecular complexity index is 595. The van der Waals surface area contributed by atoms with Gasteiger partial charge in [0.2, 0.25) is 5.91 Å². The molecule has 0 spiro atoms. The van der Waals surface area contributed by atoms with Gasteiger partial charge in [0.1, 0.15) is 6.33 Å². The first-order chi connectivity index (χ1) is 9.24. The lowest BCUT2D eigenvalue weighted by atomic mass is 10.0. The highest BCUT2D eigenvalue weighted by Gasteiger charge is 2.25. The first kappa shape index (κ1) is 12.1. The maximum absolute atomic E-state index is 11.9. The van der Waals surface area contributed by atoms with E-state index >= 15 is 0 Å². The molecule has 2 aromatic rings. The molecule has 1 amide bonds. The topological polar surface area (TPSA) is 84.7 Å². The van der Waals surface area contributed by atoms with Gasteiger partial charge in [-0.25, -0.2) is 4.68 Å². The average molecular weight is 279 g/mol. The normalized spacial score (nSPS) is 15.0. The second kappa shape index (κ2) is 4.94. The number of rotatable bonds is 3. The predicted molar refractivity (Wildman–Crippen MR) is 69.2 cm³/mol. The maximum atomic E-state index is 11.9. The maximum Gasteiger partial charge on any atom is 0.230 e. The van der Waals surface area contributed by atoms with Gasteiger partial charge in [0.15, 0.2) is 0 Å². The quantitative estimate of drug-likeness (QED) is 0.853. The number of anilines is 1. The Morgan fingerprint density at radius 3 is 2.95 bits per heavy atom. The highest BCUT2D eigenvalue weighted by molar-refractivity contribution is 6.33. The van der Waals surface area contributed by atoms with Gasteiger partial charge in [0.05, 0.1) is 22.3 Å². The second-order valence-corrected chi connectivity index (χ2v) is 4.67. The van der Waals surface area contributed by atoms with Crippen LogP contribution in [0.4, 0.5) is 5.69 Å². The van der Waals surface area contributed by atoms with Crippen LogP contribution in [0.3, 0.4) is 0 Å². The number of carbonyl (C=O) groups excluding carboxylic acids is 1. The molecule has 1 saturated heterocycles. The van der Waals surface area contributed by atoms with Gasteiger partial charge in [-0.3, -0.25) is 4.79 Å². The number of hydrogen-bond donors (Lipinski definition) is 2. The fourth-order valence-corrected chi connectivity index (χ4v) is 1.90. The van der Waals surface area contributed by atoms with E-state index in [1.54, 1.807) is 18.2 Å². The Hall–Kier alpha value is -1.99. The number of hydrogen-bond acceptors (Lipinski definition) is 5. The van der Waals surface area contributed by atoms with Crippen molar-refractivity contribution >= 4 is 23.2 Å². The van der Waals surface area contributed by atoms with Gasteiger partial charge in [-0.1, -0.05) is 11.6 Å². The van der Waals surface area contributed by atoms with Gasteiger partial charge in [-0.2, -0.15) is 0 Å². The highest BCUT2D eigenvalue weighted by Crippen LogP contribution is 2.25. The number of nitrogens with one attached hydrogen (secondary N) is 2. The van der Waals surface area contributed by atoms with Crippen molar-refractivity contribution in [3.8, 4) is 5.69 Å². The van der Waals surface area contributed by atoms with E-state index in [-0.39, 0.29) is 11.8 Å². The standard InChI is InChI=1S/C11H11ClN6O/c12-9-2-1-8(18-6-14-16-17-18)3-10(9)15-11(19)7-4-13-5-7/h1-3,6-7,13H,4-5H2,(H,15,19). The molecule has 1 aromatic carbocycles. The van der Waals surface area contributed by atoms with E-state index in [1.165, 1.54) is 11.0 Å². The molecule has 98 valence electrons. The molecule has 0 atom stereocenters. The minimum Gasteiger partial charge on any atom is -0.324 e. The first-order valence-corrected chi connectivity index (χ1v) is 6.16. The van der Waals surface area contributed by atoms with Crippen molar-refractivity contribution < 1.29 is 4.79 Å². The summed E-state index contributed by atoms with van der Waals surface area (Å²) in [5.74, 6) is -0.0257. The van der Waals surface area contributed by atoms with Crippen molar-refractivity contribution in [2.24, 2.45) is 5.92 Å². The number of tetrazole rings is 1. The van der Waals surface area contributed by atoms with Crippen LogP contribution in [0.2, 0.25) is 5.02 Å². The predicted octanol–water partition coefficient (Wildman–Crippen LogP) is 0.474. The second-order valence-electron chi connectivity index (χ2n) is 4.26. The summed E-state index contributed by atoms with van der Waals surface area (Å²) in [6, 6.07) is 5.22. The lowest BCUT2D eigenvalue weighted by Crippen LogP contribution is -2.48. The van der Waals surface area contributed by atoms with Crippen LogP contribution in [0.5, 0.6) is 0 Å². The molecule has 8 heteroatoms. The van der Waals surface area contributed by atoms with Crippen LogP contribution in [-0.4, -0.2) is 39.2 Å². The average Bonchev–Trinajstić information content (AvgIpc) is 2.83. The molecule has 1 fully saturated rings. The summed E-state index contributed by atoms with van der Waals surface area (Å²) in [6.45, 7) is 1.41. The first-order valence-electron chi connectivity index (χ1n) is 5.78. The van der Waals surface area contributed by atoms with Crippen LogP contribution in [0, 0.1) is 5.92 Å². The molecule has 1 aliphatic rings. The van der Waals surface area contributed by atoms with Crippen LogP contribution >= 0.6 is 11.6 Å². The highest BCUT2D eigenvalue weighted by atomic mass is 35.5. The third-order valence-electron chi connectivity index (χ3n) is 2.97. The van der Waals surface area contributed by atoms with Crippen molar-refractivity contribution in [2.45, 2.75) is 0 Å². The number of carbonyl (C=O) groups is 1. The minimum absolute atomic E-state index is 0.00718.